The van der Waals surface area contributed by atoms with Gasteiger partial charge in [-0.3, -0.25) is 0 Å². The van der Waals surface area contributed by atoms with Gasteiger partial charge in [-0.25, -0.2) is 4.39 Å². The Balaban J connectivity index is 2.62. The molecule has 5 heteroatoms. The van der Waals surface area contributed by atoms with Gasteiger partial charge in [0.25, 0.3) is 0 Å². The molecule has 3 nitrogen and oxygen atoms in total. The summed E-state index contributed by atoms with van der Waals surface area (Å²) < 4.78 is 20.0. The van der Waals surface area contributed by atoms with Crippen LogP contribution in [0, 0.1) is 5.82 Å². The lowest BCUT2D eigenvalue weighted by Gasteiger charge is -2.05. The largest absolute Gasteiger partial charge is 0.392 e. The Bertz CT molecular complexity index is 539. The van der Waals surface area contributed by atoms with Gasteiger partial charge < -0.3 is 14.4 Å². The van der Waals surface area contributed by atoms with Crippen LogP contribution in [-0.2, 0) is 17.9 Å². The Kier molecular flexibility index (Phi) is 3.66. The first-order valence-electron chi connectivity index (χ1n) is 5.25. The highest BCUT2D eigenvalue weighted by Gasteiger charge is 2.15. The maximum Gasteiger partial charge on any atom is 0.123 e. The number of halogens is 2. The first-order chi connectivity index (χ1) is 8.19. The van der Waals surface area contributed by atoms with E-state index in [9.17, 15) is 9.50 Å². The number of methoxy groups -OCH3 is 1. The molecule has 0 saturated carbocycles. The maximum absolute atomic E-state index is 13.2. The highest BCUT2D eigenvalue weighted by Crippen LogP contribution is 2.30. The van der Waals surface area contributed by atoms with Crippen molar-refractivity contribution in [2.24, 2.45) is 0 Å². The zero-order valence-electron chi connectivity index (χ0n) is 9.41. The van der Waals surface area contributed by atoms with E-state index in [1.54, 1.807) is 13.2 Å². The number of aliphatic hydroxyl groups is 1. The minimum Gasteiger partial charge on any atom is -0.392 e. The molecule has 0 saturated heterocycles. The number of rotatable bonds is 4. The number of fused-ring (bicyclic) bond motifs is 1. The molecule has 2 aromatic rings. The molecule has 1 heterocycles. The molecule has 0 atom stereocenters. The minimum atomic E-state index is -0.340. The molecule has 0 aliphatic carbocycles. The van der Waals surface area contributed by atoms with Crippen molar-refractivity contribution < 1.29 is 14.2 Å². The third kappa shape index (κ3) is 2.16. The predicted molar refractivity (Wildman–Crippen MR) is 64.7 cm³/mol. The SMILES string of the molecule is COCCn1c(Cl)c(CO)c2cc(F)ccc21. The van der Waals surface area contributed by atoms with Crippen LogP contribution in [0.1, 0.15) is 5.56 Å². The summed E-state index contributed by atoms with van der Waals surface area (Å²) in [5.74, 6) is -0.340. The van der Waals surface area contributed by atoms with Gasteiger partial charge in [0.2, 0.25) is 0 Å². The van der Waals surface area contributed by atoms with Crippen LogP contribution in [0.15, 0.2) is 18.2 Å². The van der Waals surface area contributed by atoms with Gasteiger partial charge >= 0.3 is 0 Å². The van der Waals surface area contributed by atoms with Gasteiger partial charge in [0, 0.05) is 30.1 Å². The van der Waals surface area contributed by atoms with Crippen LogP contribution in [0.25, 0.3) is 10.9 Å². The van der Waals surface area contributed by atoms with E-state index in [4.69, 9.17) is 16.3 Å². The first-order valence-corrected chi connectivity index (χ1v) is 5.62. The zero-order valence-corrected chi connectivity index (χ0v) is 10.2. The van der Waals surface area contributed by atoms with Gasteiger partial charge in [0.05, 0.1) is 13.2 Å². The number of benzene rings is 1. The van der Waals surface area contributed by atoms with Crippen molar-refractivity contribution in [3.8, 4) is 0 Å². The van der Waals surface area contributed by atoms with Gasteiger partial charge in [0.1, 0.15) is 11.0 Å². The van der Waals surface area contributed by atoms with Crippen molar-refractivity contribution in [3.05, 3.63) is 34.7 Å². The Labute approximate surface area is 103 Å². The molecule has 0 aliphatic heterocycles. The lowest BCUT2D eigenvalue weighted by atomic mass is 10.2. The second kappa shape index (κ2) is 5.04. The van der Waals surface area contributed by atoms with E-state index in [1.807, 2.05) is 4.57 Å². The Morgan fingerprint density at radius 3 is 2.88 bits per heavy atom. The highest BCUT2D eigenvalue weighted by atomic mass is 35.5. The molecule has 0 aliphatic rings. The van der Waals surface area contributed by atoms with E-state index in [0.717, 1.165) is 5.52 Å². The topological polar surface area (TPSA) is 34.4 Å². The quantitative estimate of drug-likeness (QED) is 0.914. The number of ether oxygens (including phenoxy) is 1. The number of nitrogens with zero attached hydrogens (tertiary/aromatic N) is 1. The fourth-order valence-corrected chi connectivity index (χ4v) is 2.25. The van der Waals surface area contributed by atoms with Crippen LogP contribution in [-0.4, -0.2) is 23.4 Å². The number of aliphatic hydroxyl groups excluding tert-OH is 1. The molecule has 0 amide bonds. The second-order valence-corrected chi connectivity index (χ2v) is 4.09. The Morgan fingerprint density at radius 1 is 1.47 bits per heavy atom. The fourth-order valence-electron chi connectivity index (χ4n) is 1.92. The van der Waals surface area contributed by atoms with Crippen molar-refractivity contribution in [1.82, 2.24) is 4.57 Å². The van der Waals surface area contributed by atoms with Gasteiger partial charge in [-0.2, -0.15) is 0 Å². The summed E-state index contributed by atoms with van der Waals surface area (Å²) in [5.41, 5.74) is 1.36. The number of hydrogen-bond acceptors (Lipinski definition) is 2. The summed E-state index contributed by atoms with van der Waals surface area (Å²) in [5, 5.41) is 10.4. The third-order valence-electron chi connectivity index (χ3n) is 2.74. The van der Waals surface area contributed by atoms with Crippen molar-refractivity contribution in [2.75, 3.05) is 13.7 Å². The minimum absolute atomic E-state index is 0.210. The summed E-state index contributed by atoms with van der Waals surface area (Å²) in [6, 6.07) is 4.42. The molecule has 92 valence electrons. The van der Waals surface area contributed by atoms with Crippen LogP contribution in [0.3, 0.4) is 0 Å². The Hall–Kier alpha value is -1.10. The van der Waals surface area contributed by atoms with E-state index in [2.05, 4.69) is 0 Å². The molecule has 0 spiro atoms. The molecule has 1 N–H and O–H groups in total. The van der Waals surface area contributed by atoms with Gasteiger partial charge in [0.15, 0.2) is 0 Å². The van der Waals surface area contributed by atoms with E-state index in [1.165, 1.54) is 12.1 Å². The average molecular weight is 258 g/mol. The highest BCUT2D eigenvalue weighted by molar-refractivity contribution is 6.32. The third-order valence-corrected chi connectivity index (χ3v) is 3.17. The lowest BCUT2D eigenvalue weighted by Crippen LogP contribution is -2.04. The maximum atomic E-state index is 13.2. The predicted octanol–water partition coefficient (Wildman–Crippen LogP) is 2.57. The van der Waals surface area contributed by atoms with Gasteiger partial charge in [-0.05, 0) is 18.2 Å². The Morgan fingerprint density at radius 2 is 2.24 bits per heavy atom. The van der Waals surface area contributed by atoms with Crippen LogP contribution in [0.5, 0.6) is 0 Å². The van der Waals surface area contributed by atoms with Crippen LogP contribution >= 0.6 is 11.6 Å². The summed E-state index contributed by atoms with van der Waals surface area (Å²) >= 11 is 6.17. The second-order valence-electron chi connectivity index (χ2n) is 3.73. The molecule has 0 radical (unpaired) electrons. The summed E-state index contributed by atoms with van der Waals surface area (Å²) in [6.07, 6.45) is 0. The molecule has 1 aromatic carbocycles. The summed E-state index contributed by atoms with van der Waals surface area (Å²) in [6.45, 7) is 0.863. The van der Waals surface area contributed by atoms with Crippen LogP contribution < -0.4 is 0 Å². The monoisotopic (exact) mass is 257 g/mol. The smallest absolute Gasteiger partial charge is 0.123 e. The van der Waals surface area contributed by atoms with Crippen molar-refractivity contribution >= 4 is 22.5 Å². The number of aromatic nitrogens is 1. The molecule has 0 fully saturated rings. The normalized spacial score (nSPS) is 11.3. The van der Waals surface area contributed by atoms with Gasteiger partial charge in [-0.1, -0.05) is 11.6 Å². The van der Waals surface area contributed by atoms with Gasteiger partial charge in [-0.15, -0.1) is 0 Å². The molecular weight excluding hydrogens is 245 g/mol. The van der Waals surface area contributed by atoms with Crippen LogP contribution in [0.4, 0.5) is 4.39 Å². The molecular formula is C12H13ClFNO2. The molecule has 1 aromatic heterocycles. The zero-order chi connectivity index (χ0) is 12.4. The summed E-state index contributed by atoms with van der Waals surface area (Å²) in [7, 11) is 1.60. The van der Waals surface area contributed by atoms with E-state index in [-0.39, 0.29) is 12.4 Å². The van der Waals surface area contributed by atoms with Crippen molar-refractivity contribution in [2.45, 2.75) is 13.2 Å². The number of hydrogen-bond donors (Lipinski definition) is 1. The van der Waals surface area contributed by atoms with Crippen molar-refractivity contribution in [1.29, 1.82) is 0 Å². The molecule has 0 bridgehead atoms. The molecule has 0 unspecified atom stereocenters. The fraction of sp³-hybridized carbons (Fsp3) is 0.333. The van der Waals surface area contributed by atoms with Crippen molar-refractivity contribution in [3.63, 3.8) is 0 Å². The summed E-state index contributed by atoms with van der Waals surface area (Å²) in [4.78, 5) is 0. The van der Waals surface area contributed by atoms with Crippen LogP contribution in [0.2, 0.25) is 5.15 Å². The standard InChI is InChI=1S/C12H13ClFNO2/c1-17-5-4-15-11-3-2-8(14)6-9(11)10(7-16)12(15)13/h2-3,6,16H,4-5,7H2,1H3. The molecule has 2 rings (SSSR count). The average Bonchev–Trinajstić information content (AvgIpc) is 2.57. The van der Waals surface area contributed by atoms with E-state index >= 15 is 0 Å². The lowest BCUT2D eigenvalue weighted by molar-refractivity contribution is 0.188. The van der Waals surface area contributed by atoms with E-state index in [0.29, 0.717) is 29.3 Å². The molecule has 17 heavy (non-hydrogen) atoms. The van der Waals surface area contributed by atoms with E-state index < -0.39 is 0 Å². The first kappa shape index (κ1) is 12.4.